The second-order valence-corrected chi connectivity index (χ2v) is 10.2. The SMILES string of the molecule is COc1ccccc1[C@@H](C)NC(=O)CN(Cc1ccc(Cl)cc1)S(=O)(=O)c1ccc(Cl)cc1. The molecule has 3 aromatic rings. The lowest BCUT2D eigenvalue weighted by atomic mass is 10.1. The van der Waals surface area contributed by atoms with Gasteiger partial charge in [0.2, 0.25) is 15.9 Å². The average molecular weight is 507 g/mol. The number of halogens is 2. The highest BCUT2D eigenvalue weighted by Gasteiger charge is 2.27. The number of nitrogens with zero attached hydrogens (tertiary/aromatic N) is 1. The van der Waals surface area contributed by atoms with Gasteiger partial charge in [0.25, 0.3) is 0 Å². The van der Waals surface area contributed by atoms with Gasteiger partial charge in [-0.25, -0.2) is 8.42 Å². The molecule has 1 N–H and O–H groups in total. The molecule has 9 heteroatoms. The summed E-state index contributed by atoms with van der Waals surface area (Å²) in [6, 6.07) is 19.6. The minimum absolute atomic E-state index is 0.00140. The third-order valence-corrected chi connectivity index (χ3v) is 7.34. The van der Waals surface area contributed by atoms with Gasteiger partial charge in [-0.05, 0) is 55.0 Å². The van der Waals surface area contributed by atoms with Crippen LogP contribution in [0.1, 0.15) is 24.1 Å². The van der Waals surface area contributed by atoms with Crippen LogP contribution in [-0.4, -0.2) is 32.3 Å². The van der Waals surface area contributed by atoms with Crippen LogP contribution in [0.5, 0.6) is 5.75 Å². The Morgan fingerprint density at radius 1 is 0.970 bits per heavy atom. The Bertz CT molecular complexity index is 1200. The first-order valence-electron chi connectivity index (χ1n) is 10.1. The molecular formula is C24H24Cl2N2O4S. The first-order chi connectivity index (χ1) is 15.7. The summed E-state index contributed by atoms with van der Waals surface area (Å²) in [4.78, 5) is 13.0. The molecule has 0 aliphatic rings. The van der Waals surface area contributed by atoms with Crippen LogP contribution in [0.25, 0.3) is 0 Å². The Kier molecular flexibility index (Phi) is 8.37. The van der Waals surface area contributed by atoms with Gasteiger partial charge in [-0.2, -0.15) is 4.31 Å². The maximum atomic E-state index is 13.4. The minimum Gasteiger partial charge on any atom is -0.496 e. The van der Waals surface area contributed by atoms with E-state index in [-0.39, 0.29) is 24.0 Å². The predicted molar refractivity (Wildman–Crippen MR) is 130 cm³/mol. The van der Waals surface area contributed by atoms with Gasteiger partial charge in [-0.3, -0.25) is 4.79 Å². The van der Waals surface area contributed by atoms with E-state index in [0.29, 0.717) is 21.4 Å². The van der Waals surface area contributed by atoms with Crippen molar-refractivity contribution in [3.05, 3.63) is 94.0 Å². The second kappa shape index (κ2) is 11.0. The third-order valence-electron chi connectivity index (χ3n) is 5.03. The number of hydrogen-bond acceptors (Lipinski definition) is 4. The summed E-state index contributed by atoms with van der Waals surface area (Å²) in [7, 11) is -2.42. The number of sulfonamides is 1. The van der Waals surface area contributed by atoms with Crippen molar-refractivity contribution in [2.75, 3.05) is 13.7 Å². The normalized spacial score (nSPS) is 12.4. The molecule has 0 unspecified atom stereocenters. The minimum atomic E-state index is -3.98. The van der Waals surface area contributed by atoms with E-state index in [1.165, 1.54) is 24.3 Å². The topological polar surface area (TPSA) is 75.7 Å². The van der Waals surface area contributed by atoms with Gasteiger partial charge in [0, 0.05) is 22.2 Å². The monoisotopic (exact) mass is 506 g/mol. The number of hydrogen-bond donors (Lipinski definition) is 1. The van der Waals surface area contributed by atoms with Crippen LogP contribution in [0.3, 0.4) is 0 Å². The average Bonchev–Trinajstić information content (AvgIpc) is 2.80. The van der Waals surface area contributed by atoms with Crippen molar-refractivity contribution in [1.29, 1.82) is 0 Å². The molecule has 0 bridgehead atoms. The van der Waals surface area contributed by atoms with Crippen molar-refractivity contribution in [3.8, 4) is 5.75 Å². The smallest absolute Gasteiger partial charge is 0.243 e. The lowest BCUT2D eigenvalue weighted by Crippen LogP contribution is -2.41. The van der Waals surface area contributed by atoms with E-state index in [1.54, 1.807) is 37.4 Å². The number of carbonyl (C=O) groups excluding carboxylic acids is 1. The Balaban J connectivity index is 1.84. The molecule has 174 valence electrons. The highest BCUT2D eigenvalue weighted by atomic mass is 35.5. The zero-order valence-corrected chi connectivity index (χ0v) is 20.5. The number of carbonyl (C=O) groups is 1. The van der Waals surface area contributed by atoms with E-state index in [0.717, 1.165) is 9.87 Å². The zero-order valence-electron chi connectivity index (χ0n) is 18.2. The highest BCUT2D eigenvalue weighted by Crippen LogP contribution is 2.25. The number of para-hydroxylation sites is 1. The molecule has 0 saturated heterocycles. The van der Waals surface area contributed by atoms with E-state index in [1.807, 2.05) is 25.1 Å². The van der Waals surface area contributed by atoms with Crippen molar-refractivity contribution in [3.63, 3.8) is 0 Å². The standard InChI is InChI=1S/C24H24Cl2N2O4S/c1-17(22-5-3-4-6-23(22)32-2)27-24(29)16-28(15-18-7-9-19(25)10-8-18)33(30,31)21-13-11-20(26)12-14-21/h3-14,17H,15-16H2,1-2H3,(H,27,29)/t17-/m1/s1. The molecule has 1 atom stereocenters. The maximum Gasteiger partial charge on any atom is 0.243 e. The molecule has 0 aromatic heterocycles. The van der Waals surface area contributed by atoms with E-state index in [4.69, 9.17) is 27.9 Å². The van der Waals surface area contributed by atoms with Gasteiger partial charge >= 0.3 is 0 Å². The van der Waals surface area contributed by atoms with Crippen LogP contribution in [0.2, 0.25) is 10.0 Å². The summed E-state index contributed by atoms with van der Waals surface area (Å²) in [5, 5.41) is 3.82. The molecule has 0 aliphatic heterocycles. The van der Waals surface area contributed by atoms with E-state index in [9.17, 15) is 13.2 Å². The fourth-order valence-electron chi connectivity index (χ4n) is 3.32. The van der Waals surface area contributed by atoms with Gasteiger partial charge in [-0.15, -0.1) is 0 Å². The van der Waals surface area contributed by atoms with Gasteiger partial charge in [-0.1, -0.05) is 53.5 Å². The van der Waals surface area contributed by atoms with E-state index >= 15 is 0 Å². The molecule has 3 aromatic carbocycles. The highest BCUT2D eigenvalue weighted by molar-refractivity contribution is 7.89. The molecule has 0 spiro atoms. The number of ether oxygens (including phenoxy) is 1. The summed E-state index contributed by atoms with van der Waals surface area (Å²) in [5.74, 6) is 0.192. The summed E-state index contributed by atoms with van der Waals surface area (Å²) in [6.07, 6.45) is 0. The first-order valence-corrected chi connectivity index (χ1v) is 12.3. The van der Waals surface area contributed by atoms with Gasteiger partial charge in [0.1, 0.15) is 5.75 Å². The number of methoxy groups -OCH3 is 1. The van der Waals surface area contributed by atoms with Crippen LogP contribution >= 0.6 is 23.2 Å². The van der Waals surface area contributed by atoms with Crippen LogP contribution in [0.4, 0.5) is 0 Å². The summed E-state index contributed by atoms with van der Waals surface area (Å²) < 4.78 is 33.2. The van der Waals surface area contributed by atoms with Gasteiger partial charge in [0.05, 0.1) is 24.6 Å². The van der Waals surface area contributed by atoms with Gasteiger partial charge < -0.3 is 10.1 Å². The molecule has 33 heavy (non-hydrogen) atoms. The molecule has 0 aliphatic carbocycles. The number of benzene rings is 3. The van der Waals surface area contributed by atoms with E-state index < -0.39 is 15.9 Å². The molecule has 0 heterocycles. The third kappa shape index (κ3) is 6.48. The maximum absolute atomic E-state index is 13.4. The van der Waals surface area contributed by atoms with Crippen molar-refractivity contribution >= 4 is 39.1 Å². The Hall–Kier alpha value is -2.58. The number of rotatable bonds is 9. The molecule has 1 amide bonds. The van der Waals surface area contributed by atoms with Crippen LogP contribution in [-0.2, 0) is 21.4 Å². The fourth-order valence-corrected chi connectivity index (χ4v) is 4.96. The molecule has 0 fully saturated rings. The lowest BCUT2D eigenvalue weighted by Gasteiger charge is -2.24. The Morgan fingerprint density at radius 3 is 2.15 bits per heavy atom. The van der Waals surface area contributed by atoms with Crippen molar-refractivity contribution in [1.82, 2.24) is 9.62 Å². The van der Waals surface area contributed by atoms with Crippen molar-refractivity contribution < 1.29 is 17.9 Å². The first kappa shape index (κ1) is 25.1. The van der Waals surface area contributed by atoms with Crippen LogP contribution in [0, 0.1) is 0 Å². The molecule has 0 saturated carbocycles. The molecular weight excluding hydrogens is 483 g/mol. The van der Waals surface area contributed by atoms with Gasteiger partial charge in [0.15, 0.2) is 0 Å². The largest absolute Gasteiger partial charge is 0.496 e. The Labute approximate surface area is 204 Å². The zero-order chi connectivity index (χ0) is 24.0. The quantitative estimate of drug-likeness (QED) is 0.439. The van der Waals surface area contributed by atoms with Crippen molar-refractivity contribution in [2.24, 2.45) is 0 Å². The number of amides is 1. The van der Waals surface area contributed by atoms with E-state index in [2.05, 4.69) is 5.32 Å². The molecule has 6 nitrogen and oxygen atoms in total. The van der Waals surface area contributed by atoms with Crippen LogP contribution < -0.4 is 10.1 Å². The van der Waals surface area contributed by atoms with Crippen LogP contribution in [0.15, 0.2) is 77.7 Å². The summed E-state index contributed by atoms with van der Waals surface area (Å²) in [5.41, 5.74) is 1.49. The summed E-state index contributed by atoms with van der Waals surface area (Å²) in [6.45, 7) is 1.44. The second-order valence-electron chi connectivity index (χ2n) is 7.38. The number of nitrogens with one attached hydrogen (secondary N) is 1. The molecule has 0 radical (unpaired) electrons. The fraction of sp³-hybridized carbons (Fsp3) is 0.208. The lowest BCUT2D eigenvalue weighted by molar-refractivity contribution is -0.122. The Morgan fingerprint density at radius 2 is 1.55 bits per heavy atom. The summed E-state index contributed by atoms with van der Waals surface area (Å²) >= 11 is 11.9. The van der Waals surface area contributed by atoms with Crippen molar-refractivity contribution in [2.45, 2.75) is 24.4 Å². The molecule has 3 rings (SSSR count). The predicted octanol–water partition coefficient (Wildman–Crippen LogP) is 5.07.